The second-order valence-corrected chi connectivity index (χ2v) is 9.78. The molecule has 0 aromatic heterocycles. The first-order chi connectivity index (χ1) is 15.8. The summed E-state index contributed by atoms with van der Waals surface area (Å²) in [5.41, 5.74) is -2.41. The second-order valence-electron chi connectivity index (χ2n) is 9.78. The summed E-state index contributed by atoms with van der Waals surface area (Å²) in [6, 6.07) is 9.81. The lowest BCUT2D eigenvalue weighted by Gasteiger charge is -2.42. The number of alkyl halides is 3. The van der Waals surface area contributed by atoms with E-state index in [1.54, 1.807) is 43.9 Å². The van der Waals surface area contributed by atoms with Crippen LogP contribution in [0.15, 0.2) is 42.5 Å². The number of anilines is 1. The largest absolute Gasteiger partial charge is 0.508 e. The Morgan fingerprint density at radius 2 is 1.71 bits per heavy atom. The van der Waals surface area contributed by atoms with E-state index in [1.165, 1.54) is 18.2 Å². The van der Waals surface area contributed by atoms with Gasteiger partial charge in [-0.25, -0.2) is 4.79 Å². The Hall–Kier alpha value is -3.23. The van der Waals surface area contributed by atoms with Crippen molar-refractivity contribution in [1.82, 2.24) is 4.90 Å². The first-order valence-corrected chi connectivity index (χ1v) is 11.1. The number of halogens is 3. The van der Waals surface area contributed by atoms with Crippen LogP contribution < -0.4 is 5.32 Å². The van der Waals surface area contributed by atoms with E-state index >= 15 is 0 Å². The van der Waals surface area contributed by atoms with Gasteiger partial charge in [0.1, 0.15) is 16.8 Å². The molecule has 9 heteroatoms. The number of benzene rings is 2. The molecule has 2 N–H and O–H groups in total. The lowest BCUT2D eigenvalue weighted by Crippen LogP contribution is -2.49. The Balaban J connectivity index is 1.76. The van der Waals surface area contributed by atoms with Crippen molar-refractivity contribution in [3.8, 4) is 5.75 Å². The zero-order valence-corrected chi connectivity index (χ0v) is 19.2. The third-order valence-electron chi connectivity index (χ3n) is 6.47. The number of para-hydroxylation sites is 1. The molecule has 0 radical (unpaired) electrons. The molecule has 1 unspecified atom stereocenters. The van der Waals surface area contributed by atoms with Gasteiger partial charge in [0.15, 0.2) is 0 Å². The van der Waals surface area contributed by atoms with E-state index < -0.39 is 34.8 Å². The van der Waals surface area contributed by atoms with Crippen LogP contribution in [0, 0.1) is 5.92 Å². The minimum atomic E-state index is -4.64. The van der Waals surface area contributed by atoms with Gasteiger partial charge in [0.05, 0.1) is 11.3 Å². The quantitative estimate of drug-likeness (QED) is 0.617. The fraction of sp³-hybridized carbons (Fsp3) is 0.440. The number of likely N-dealkylation sites (tertiary alicyclic amines) is 1. The molecule has 182 valence electrons. The van der Waals surface area contributed by atoms with Crippen molar-refractivity contribution in [2.24, 2.45) is 5.92 Å². The topological polar surface area (TPSA) is 78.9 Å². The van der Waals surface area contributed by atoms with Crippen LogP contribution in [0.2, 0.25) is 0 Å². The average Bonchev–Trinajstić information content (AvgIpc) is 3.05. The molecule has 1 fully saturated rings. The molecular formula is C25H27F3N2O4. The molecule has 4 rings (SSSR count). The van der Waals surface area contributed by atoms with Crippen LogP contribution in [0.25, 0.3) is 0 Å². The maximum absolute atomic E-state index is 13.8. The van der Waals surface area contributed by atoms with Gasteiger partial charge in [-0.3, -0.25) is 4.79 Å². The zero-order chi connectivity index (χ0) is 24.9. The monoisotopic (exact) mass is 476 g/mol. The highest BCUT2D eigenvalue weighted by atomic mass is 19.4. The normalized spacial score (nSPS) is 21.2. The molecule has 0 bridgehead atoms. The summed E-state index contributed by atoms with van der Waals surface area (Å²) in [4.78, 5) is 27.7. The molecule has 34 heavy (non-hydrogen) atoms. The molecule has 2 aromatic rings. The molecule has 2 heterocycles. The standard InChI is InChI=1S/C25H27F3N2O4/c1-23(2,3)34-22(33)30-13-11-16(12-14-30)24(15-7-9-17(31)10-8-15)18-5-4-6-19(25(26,27)28)20(18)29-21(24)32/h4-10,16,31H,11-14H2,1-3H3,(H,29,32). The van der Waals surface area contributed by atoms with E-state index in [-0.39, 0.29) is 22.9 Å². The van der Waals surface area contributed by atoms with E-state index in [0.29, 0.717) is 31.5 Å². The van der Waals surface area contributed by atoms with E-state index in [0.717, 1.165) is 6.07 Å². The Kier molecular flexibility index (Phi) is 5.78. The number of hydrogen-bond donors (Lipinski definition) is 2. The number of piperidine rings is 1. The molecule has 0 spiro atoms. The Morgan fingerprint density at radius 1 is 1.09 bits per heavy atom. The van der Waals surface area contributed by atoms with Crippen LogP contribution >= 0.6 is 0 Å². The molecule has 0 saturated carbocycles. The van der Waals surface area contributed by atoms with Crippen molar-refractivity contribution in [2.75, 3.05) is 18.4 Å². The molecule has 0 aliphatic carbocycles. The smallest absolute Gasteiger partial charge is 0.418 e. The Bertz CT molecular complexity index is 1100. The predicted molar refractivity (Wildman–Crippen MR) is 119 cm³/mol. The van der Waals surface area contributed by atoms with Crippen LogP contribution in [-0.4, -0.2) is 40.7 Å². The number of nitrogens with one attached hydrogen (secondary N) is 1. The fourth-order valence-electron chi connectivity index (χ4n) is 5.06. The highest BCUT2D eigenvalue weighted by Crippen LogP contribution is 2.53. The zero-order valence-electron chi connectivity index (χ0n) is 19.2. The van der Waals surface area contributed by atoms with Crippen molar-refractivity contribution in [3.63, 3.8) is 0 Å². The summed E-state index contributed by atoms with van der Waals surface area (Å²) < 4.78 is 46.7. The van der Waals surface area contributed by atoms with Crippen LogP contribution in [-0.2, 0) is 21.1 Å². The Labute approximate surface area is 195 Å². The van der Waals surface area contributed by atoms with Crippen molar-refractivity contribution in [3.05, 3.63) is 59.2 Å². The minimum absolute atomic E-state index is 0.0127. The number of ether oxygens (including phenoxy) is 1. The van der Waals surface area contributed by atoms with Gasteiger partial charge < -0.3 is 20.1 Å². The summed E-state index contributed by atoms with van der Waals surface area (Å²) in [5.74, 6) is -0.928. The average molecular weight is 476 g/mol. The number of carbonyl (C=O) groups excluding carboxylic acids is 2. The highest BCUT2D eigenvalue weighted by Gasteiger charge is 2.56. The molecule has 2 aliphatic heterocycles. The van der Waals surface area contributed by atoms with Crippen molar-refractivity contribution in [1.29, 1.82) is 0 Å². The highest BCUT2D eigenvalue weighted by molar-refractivity contribution is 6.09. The second kappa shape index (κ2) is 8.21. The summed E-state index contributed by atoms with van der Waals surface area (Å²) in [5, 5.41) is 12.3. The van der Waals surface area contributed by atoms with Gasteiger partial charge in [-0.05, 0) is 68.9 Å². The van der Waals surface area contributed by atoms with Gasteiger partial charge >= 0.3 is 12.3 Å². The molecule has 2 amide bonds. The van der Waals surface area contributed by atoms with Crippen molar-refractivity contribution >= 4 is 17.7 Å². The summed E-state index contributed by atoms with van der Waals surface area (Å²) in [6.07, 6.45) is -4.31. The van der Waals surface area contributed by atoms with Crippen LogP contribution in [0.1, 0.15) is 50.3 Å². The maximum atomic E-state index is 13.8. The number of carbonyl (C=O) groups is 2. The number of phenolic OH excluding ortho intramolecular Hbond substituents is 1. The number of rotatable bonds is 2. The molecule has 1 atom stereocenters. The van der Waals surface area contributed by atoms with Gasteiger partial charge in [-0.1, -0.05) is 24.3 Å². The number of phenols is 1. The van der Waals surface area contributed by atoms with Crippen molar-refractivity contribution < 1.29 is 32.6 Å². The molecule has 2 aliphatic rings. The van der Waals surface area contributed by atoms with Crippen LogP contribution in [0.5, 0.6) is 5.75 Å². The first-order valence-electron chi connectivity index (χ1n) is 11.1. The maximum Gasteiger partial charge on any atom is 0.418 e. The number of fused-ring (bicyclic) bond motifs is 1. The van der Waals surface area contributed by atoms with E-state index in [2.05, 4.69) is 5.32 Å². The van der Waals surface area contributed by atoms with E-state index in [4.69, 9.17) is 4.74 Å². The molecule has 1 saturated heterocycles. The summed E-state index contributed by atoms with van der Waals surface area (Å²) >= 11 is 0. The van der Waals surface area contributed by atoms with E-state index in [1.807, 2.05) is 0 Å². The van der Waals surface area contributed by atoms with Crippen molar-refractivity contribution in [2.45, 2.75) is 50.8 Å². The predicted octanol–water partition coefficient (Wildman–Crippen LogP) is 5.30. The van der Waals surface area contributed by atoms with E-state index in [9.17, 15) is 27.9 Å². The number of amides is 2. The van der Waals surface area contributed by atoms with Gasteiger partial charge in [-0.2, -0.15) is 13.2 Å². The van der Waals surface area contributed by atoms with Gasteiger partial charge in [0, 0.05) is 13.1 Å². The third-order valence-corrected chi connectivity index (χ3v) is 6.47. The summed E-state index contributed by atoms with van der Waals surface area (Å²) in [7, 11) is 0. The lowest BCUT2D eigenvalue weighted by atomic mass is 9.63. The number of hydrogen-bond acceptors (Lipinski definition) is 4. The van der Waals surface area contributed by atoms with Crippen LogP contribution in [0.3, 0.4) is 0 Å². The first kappa shape index (κ1) is 23.9. The lowest BCUT2D eigenvalue weighted by molar-refractivity contribution is -0.136. The van der Waals surface area contributed by atoms with Gasteiger partial charge in [-0.15, -0.1) is 0 Å². The third kappa shape index (κ3) is 4.08. The summed E-state index contributed by atoms with van der Waals surface area (Å²) in [6.45, 7) is 5.93. The molecular weight excluding hydrogens is 449 g/mol. The SMILES string of the molecule is CC(C)(C)OC(=O)N1CCC(C2(c3ccc(O)cc3)C(=O)Nc3c(C(F)(F)F)cccc32)CC1. The molecule has 6 nitrogen and oxygen atoms in total. The minimum Gasteiger partial charge on any atom is -0.508 e. The van der Waals surface area contributed by atoms with Gasteiger partial charge in [0.25, 0.3) is 0 Å². The van der Waals surface area contributed by atoms with Gasteiger partial charge in [0.2, 0.25) is 5.91 Å². The fourth-order valence-corrected chi connectivity index (χ4v) is 5.06. The number of nitrogens with zero attached hydrogens (tertiary/aromatic N) is 1. The number of aromatic hydroxyl groups is 1. The Morgan fingerprint density at radius 3 is 2.26 bits per heavy atom. The molecule has 2 aromatic carbocycles. The van der Waals surface area contributed by atoms with Crippen LogP contribution in [0.4, 0.5) is 23.7 Å².